The summed E-state index contributed by atoms with van der Waals surface area (Å²) in [5, 5.41) is 18.2. The number of aromatic amines is 1. The summed E-state index contributed by atoms with van der Waals surface area (Å²) in [4.78, 5) is 0. The third-order valence-corrected chi connectivity index (χ3v) is 1.52. The van der Waals surface area contributed by atoms with E-state index in [1.807, 2.05) is 24.3 Å². The van der Waals surface area contributed by atoms with Crippen LogP contribution in [-0.4, -0.2) is 40.8 Å². The Morgan fingerprint density at radius 3 is 2.21 bits per heavy atom. The highest BCUT2D eigenvalue weighted by Gasteiger charge is 1.90. The summed E-state index contributed by atoms with van der Waals surface area (Å²) in [5.41, 5.74) is 1.83. The number of hydrogen-bond donors (Lipinski definition) is 2. The van der Waals surface area contributed by atoms with E-state index in [0.29, 0.717) is 6.61 Å². The number of nitrogens with one attached hydrogen (secondary N) is 1. The lowest BCUT2D eigenvalue weighted by Gasteiger charge is -1.84. The van der Waals surface area contributed by atoms with Crippen molar-refractivity contribution in [3.8, 4) is 0 Å². The Labute approximate surface area is 81.7 Å². The molecule has 1 aromatic carbocycles. The van der Waals surface area contributed by atoms with Crippen LogP contribution >= 0.6 is 0 Å². The second-order valence-corrected chi connectivity index (χ2v) is 2.53. The van der Waals surface area contributed by atoms with Crippen LogP contribution in [0.3, 0.4) is 0 Å². The molecule has 0 amide bonds. The van der Waals surface area contributed by atoms with Gasteiger partial charge in [-0.05, 0) is 12.1 Å². The first-order valence-corrected chi connectivity index (χ1v) is 4.23. The Balaban J connectivity index is 0.000000171. The summed E-state index contributed by atoms with van der Waals surface area (Å²) < 4.78 is 4.44. The molecule has 76 valence electrons. The lowest BCUT2D eigenvalue weighted by molar-refractivity contribution is 0.135. The number of fused-ring (bicyclic) bond motifs is 1. The molecule has 1 heterocycles. The van der Waals surface area contributed by atoms with Crippen molar-refractivity contribution in [3.63, 3.8) is 0 Å². The van der Waals surface area contributed by atoms with Gasteiger partial charge in [0.25, 0.3) is 0 Å². The molecule has 0 aliphatic rings. The maximum absolute atomic E-state index is 7.94. The summed E-state index contributed by atoms with van der Waals surface area (Å²) in [7, 11) is 1.55. The molecule has 0 spiro atoms. The Morgan fingerprint density at radius 2 is 1.86 bits per heavy atom. The highest BCUT2D eigenvalue weighted by molar-refractivity contribution is 5.72. The Kier molecular flexibility index (Phi) is 4.60. The normalized spacial score (nSPS) is 9.57. The molecule has 14 heavy (non-hydrogen) atoms. The monoisotopic (exact) mass is 195 g/mol. The van der Waals surface area contributed by atoms with Gasteiger partial charge in [-0.25, -0.2) is 0 Å². The fourth-order valence-corrected chi connectivity index (χ4v) is 0.877. The molecule has 0 bridgehead atoms. The van der Waals surface area contributed by atoms with Gasteiger partial charge in [-0.3, -0.25) is 0 Å². The number of aliphatic hydroxyl groups is 1. The molecule has 5 heteroatoms. The second-order valence-electron chi connectivity index (χ2n) is 2.53. The average molecular weight is 195 g/mol. The predicted molar refractivity (Wildman–Crippen MR) is 52.9 cm³/mol. The van der Waals surface area contributed by atoms with Gasteiger partial charge in [0.2, 0.25) is 0 Å². The maximum Gasteiger partial charge on any atom is 0.112 e. The standard InChI is InChI=1S/C6H5N3.C3H8O2/c1-2-4-6-5(3-1)7-9-8-6;1-5-3-2-4/h1-4H,(H,7,8,9);4H,2-3H2,1H3. The van der Waals surface area contributed by atoms with Gasteiger partial charge in [0.15, 0.2) is 0 Å². The number of benzene rings is 1. The minimum atomic E-state index is 0.122. The van der Waals surface area contributed by atoms with Crippen molar-refractivity contribution >= 4 is 11.0 Å². The quantitative estimate of drug-likeness (QED) is 0.735. The number of methoxy groups -OCH3 is 1. The van der Waals surface area contributed by atoms with Gasteiger partial charge in [-0.1, -0.05) is 12.1 Å². The van der Waals surface area contributed by atoms with Gasteiger partial charge in [-0.15, -0.1) is 0 Å². The van der Waals surface area contributed by atoms with E-state index in [4.69, 9.17) is 5.11 Å². The molecule has 0 atom stereocenters. The summed E-state index contributed by atoms with van der Waals surface area (Å²) >= 11 is 0. The van der Waals surface area contributed by atoms with Crippen LogP contribution in [0.25, 0.3) is 11.0 Å². The van der Waals surface area contributed by atoms with E-state index in [1.165, 1.54) is 0 Å². The number of hydrogen-bond acceptors (Lipinski definition) is 4. The van der Waals surface area contributed by atoms with E-state index in [1.54, 1.807) is 7.11 Å². The molecule has 0 aliphatic heterocycles. The molecule has 2 N–H and O–H groups in total. The molecule has 0 radical (unpaired) electrons. The van der Waals surface area contributed by atoms with Gasteiger partial charge in [0.05, 0.1) is 13.2 Å². The largest absolute Gasteiger partial charge is 0.394 e. The van der Waals surface area contributed by atoms with Crippen LogP contribution in [0, 0.1) is 0 Å². The molecule has 0 unspecified atom stereocenters. The lowest BCUT2D eigenvalue weighted by atomic mass is 10.3. The number of H-pyrrole nitrogens is 1. The molecule has 0 saturated heterocycles. The summed E-state index contributed by atoms with van der Waals surface area (Å²) in [6.07, 6.45) is 0. The highest BCUT2D eigenvalue weighted by atomic mass is 16.5. The van der Waals surface area contributed by atoms with Crippen LogP contribution in [0.15, 0.2) is 24.3 Å². The number of aliphatic hydroxyl groups excluding tert-OH is 1. The van der Waals surface area contributed by atoms with Crippen LogP contribution < -0.4 is 0 Å². The zero-order chi connectivity index (χ0) is 10.2. The topological polar surface area (TPSA) is 71.0 Å². The molecular formula is C9H13N3O2. The first kappa shape index (κ1) is 10.6. The zero-order valence-electron chi connectivity index (χ0n) is 7.97. The summed E-state index contributed by atoms with van der Waals surface area (Å²) in [6, 6.07) is 7.70. The minimum Gasteiger partial charge on any atom is -0.394 e. The van der Waals surface area contributed by atoms with Crippen molar-refractivity contribution in [2.45, 2.75) is 0 Å². The van der Waals surface area contributed by atoms with Crippen LogP contribution in [0.5, 0.6) is 0 Å². The zero-order valence-corrected chi connectivity index (χ0v) is 7.97. The van der Waals surface area contributed by atoms with Crippen LogP contribution in [0.1, 0.15) is 0 Å². The van der Waals surface area contributed by atoms with Crippen molar-refractivity contribution in [2.75, 3.05) is 20.3 Å². The molecule has 0 fully saturated rings. The van der Waals surface area contributed by atoms with Gasteiger partial charge < -0.3 is 9.84 Å². The first-order chi connectivity index (χ1) is 6.88. The van der Waals surface area contributed by atoms with E-state index >= 15 is 0 Å². The van der Waals surface area contributed by atoms with E-state index in [2.05, 4.69) is 20.1 Å². The van der Waals surface area contributed by atoms with Crippen molar-refractivity contribution in [2.24, 2.45) is 0 Å². The summed E-state index contributed by atoms with van der Waals surface area (Å²) in [5.74, 6) is 0. The smallest absolute Gasteiger partial charge is 0.112 e. The first-order valence-electron chi connectivity index (χ1n) is 4.23. The second kappa shape index (κ2) is 6.06. The third-order valence-electron chi connectivity index (χ3n) is 1.52. The molecule has 2 aromatic rings. The van der Waals surface area contributed by atoms with Gasteiger partial charge in [0.1, 0.15) is 11.0 Å². The van der Waals surface area contributed by atoms with Crippen LogP contribution in [0.2, 0.25) is 0 Å². The van der Waals surface area contributed by atoms with Crippen LogP contribution in [-0.2, 0) is 4.74 Å². The number of rotatable bonds is 2. The van der Waals surface area contributed by atoms with Crippen molar-refractivity contribution in [1.29, 1.82) is 0 Å². The van der Waals surface area contributed by atoms with Crippen molar-refractivity contribution in [1.82, 2.24) is 15.4 Å². The highest BCUT2D eigenvalue weighted by Crippen LogP contribution is 2.03. The Hall–Kier alpha value is -1.46. The average Bonchev–Trinajstić information content (AvgIpc) is 2.67. The number of aromatic nitrogens is 3. The molecule has 2 rings (SSSR count). The van der Waals surface area contributed by atoms with E-state index in [0.717, 1.165) is 11.0 Å². The van der Waals surface area contributed by atoms with Crippen molar-refractivity contribution in [3.05, 3.63) is 24.3 Å². The minimum absolute atomic E-state index is 0.122. The number of nitrogens with zero attached hydrogens (tertiary/aromatic N) is 2. The Morgan fingerprint density at radius 1 is 1.29 bits per heavy atom. The number of para-hydroxylation sites is 2. The molecule has 0 saturated carbocycles. The predicted octanol–water partition coefficient (Wildman–Crippen LogP) is 0.583. The van der Waals surface area contributed by atoms with E-state index < -0.39 is 0 Å². The third kappa shape index (κ3) is 3.12. The number of ether oxygens (including phenoxy) is 1. The van der Waals surface area contributed by atoms with Crippen molar-refractivity contribution < 1.29 is 9.84 Å². The maximum atomic E-state index is 7.94. The fraction of sp³-hybridized carbons (Fsp3) is 0.333. The van der Waals surface area contributed by atoms with E-state index in [-0.39, 0.29) is 6.61 Å². The molecule has 5 nitrogen and oxygen atoms in total. The van der Waals surface area contributed by atoms with Gasteiger partial charge in [-0.2, -0.15) is 15.4 Å². The summed E-state index contributed by atoms with van der Waals surface area (Å²) in [6.45, 7) is 0.566. The van der Waals surface area contributed by atoms with Gasteiger partial charge >= 0.3 is 0 Å². The Bertz CT molecular complexity index is 329. The lowest BCUT2D eigenvalue weighted by Crippen LogP contribution is -1.91. The van der Waals surface area contributed by atoms with Gasteiger partial charge in [0, 0.05) is 7.11 Å². The molecular weight excluding hydrogens is 182 g/mol. The molecule has 1 aromatic heterocycles. The molecule has 0 aliphatic carbocycles. The van der Waals surface area contributed by atoms with Crippen LogP contribution in [0.4, 0.5) is 0 Å². The van der Waals surface area contributed by atoms with E-state index in [9.17, 15) is 0 Å². The fourth-order valence-electron chi connectivity index (χ4n) is 0.877. The SMILES string of the molecule is COCCO.c1ccc2n[nH]nc2c1.